The predicted octanol–water partition coefficient (Wildman–Crippen LogP) is 3.22. The fraction of sp³-hybridized carbons (Fsp3) is 0.333. The van der Waals surface area contributed by atoms with E-state index in [2.05, 4.69) is 20.6 Å². The first kappa shape index (κ1) is 14.1. The average molecular weight is 272 g/mol. The molecule has 0 aliphatic heterocycles. The van der Waals surface area contributed by atoms with Gasteiger partial charge in [-0.25, -0.2) is 9.97 Å². The topological polar surface area (TPSA) is 59.1 Å². The van der Waals surface area contributed by atoms with Gasteiger partial charge in [0, 0.05) is 19.5 Å². The predicted molar refractivity (Wildman–Crippen MR) is 81.9 cm³/mol. The molecule has 1 aromatic carbocycles. The van der Waals surface area contributed by atoms with Crippen LogP contribution in [-0.4, -0.2) is 23.6 Å². The fourth-order valence-corrected chi connectivity index (χ4v) is 1.84. The molecule has 5 nitrogen and oxygen atoms in total. The summed E-state index contributed by atoms with van der Waals surface area (Å²) in [6.45, 7) is 4.63. The van der Waals surface area contributed by atoms with Gasteiger partial charge in [-0.05, 0) is 19.1 Å². The van der Waals surface area contributed by atoms with Crippen molar-refractivity contribution >= 4 is 17.3 Å². The molecule has 0 aliphatic carbocycles. The minimum absolute atomic E-state index is 0.629. The summed E-state index contributed by atoms with van der Waals surface area (Å²) in [7, 11) is 1.85. The van der Waals surface area contributed by atoms with Crippen LogP contribution in [0.2, 0.25) is 0 Å². The first-order chi connectivity index (χ1) is 9.76. The Kier molecular flexibility index (Phi) is 4.76. The van der Waals surface area contributed by atoms with E-state index in [0.717, 1.165) is 35.3 Å². The van der Waals surface area contributed by atoms with Crippen molar-refractivity contribution in [2.45, 2.75) is 20.3 Å². The number of ether oxygens (including phenoxy) is 1. The van der Waals surface area contributed by atoms with Crippen LogP contribution in [0.1, 0.15) is 19.7 Å². The summed E-state index contributed by atoms with van der Waals surface area (Å²) in [5, 5.41) is 6.34. The Hall–Kier alpha value is -2.30. The highest BCUT2D eigenvalue weighted by atomic mass is 16.5. The van der Waals surface area contributed by atoms with Crippen LogP contribution in [0.25, 0.3) is 0 Å². The molecular formula is C15H20N4O. The lowest BCUT2D eigenvalue weighted by molar-refractivity contribution is 0.342. The van der Waals surface area contributed by atoms with E-state index in [4.69, 9.17) is 4.74 Å². The zero-order valence-electron chi connectivity index (χ0n) is 12.1. The highest BCUT2D eigenvalue weighted by Crippen LogP contribution is 2.27. The maximum absolute atomic E-state index is 5.60. The molecule has 0 saturated carbocycles. The molecule has 0 fully saturated rings. The number of para-hydroxylation sites is 2. The number of aryl methyl sites for hydroxylation is 1. The molecular weight excluding hydrogens is 252 g/mol. The number of hydrogen-bond donors (Lipinski definition) is 2. The molecule has 2 N–H and O–H groups in total. The molecule has 0 unspecified atom stereocenters. The molecule has 0 atom stereocenters. The van der Waals surface area contributed by atoms with Crippen molar-refractivity contribution in [3.05, 3.63) is 36.2 Å². The lowest BCUT2D eigenvalue weighted by atomic mass is 10.3. The molecule has 1 heterocycles. The third kappa shape index (κ3) is 3.38. The molecule has 0 bridgehead atoms. The van der Waals surface area contributed by atoms with E-state index in [1.807, 2.05) is 51.2 Å². The van der Waals surface area contributed by atoms with Crippen LogP contribution < -0.4 is 15.4 Å². The van der Waals surface area contributed by atoms with Crippen molar-refractivity contribution in [1.29, 1.82) is 0 Å². The molecule has 0 aliphatic rings. The standard InChI is InChI=1S/C15H20N4O/c1-4-13-18-14(16-3)10-15(19-13)17-11-8-6-7-9-12(11)20-5-2/h6-10H,4-5H2,1-3H3,(H2,16,17,18,19). The Morgan fingerprint density at radius 2 is 1.85 bits per heavy atom. The molecule has 106 valence electrons. The number of aromatic nitrogens is 2. The molecule has 1 aromatic heterocycles. The number of nitrogens with one attached hydrogen (secondary N) is 2. The van der Waals surface area contributed by atoms with Crippen molar-refractivity contribution in [1.82, 2.24) is 9.97 Å². The Morgan fingerprint density at radius 1 is 1.10 bits per heavy atom. The second-order valence-electron chi connectivity index (χ2n) is 4.21. The summed E-state index contributed by atoms with van der Waals surface area (Å²) in [6.07, 6.45) is 0.789. The minimum atomic E-state index is 0.629. The van der Waals surface area contributed by atoms with Crippen molar-refractivity contribution in [3.63, 3.8) is 0 Å². The Morgan fingerprint density at radius 3 is 2.55 bits per heavy atom. The molecule has 20 heavy (non-hydrogen) atoms. The number of nitrogens with zero attached hydrogens (tertiary/aromatic N) is 2. The Bertz CT molecular complexity index is 549. The highest BCUT2D eigenvalue weighted by Gasteiger charge is 2.06. The minimum Gasteiger partial charge on any atom is -0.492 e. The SMILES string of the molecule is CCOc1ccccc1Nc1cc(NC)nc(CC)n1. The van der Waals surface area contributed by atoms with Gasteiger partial charge in [0.15, 0.2) is 0 Å². The summed E-state index contributed by atoms with van der Waals surface area (Å²) < 4.78 is 5.60. The van der Waals surface area contributed by atoms with Gasteiger partial charge in [0.25, 0.3) is 0 Å². The number of anilines is 3. The normalized spacial score (nSPS) is 10.2. The van der Waals surface area contributed by atoms with Gasteiger partial charge in [-0.15, -0.1) is 0 Å². The van der Waals surface area contributed by atoms with Gasteiger partial charge >= 0.3 is 0 Å². The lowest BCUT2D eigenvalue weighted by Crippen LogP contribution is -2.04. The maximum Gasteiger partial charge on any atom is 0.142 e. The van der Waals surface area contributed by atoms with E-state index in [1.54, 1.807) is 0 Å². The van der Waals surface area contributed by atoms with E-state index in [1.165, 1.54) is 0 Å². The van der Waals surface area contributed by atoms with Gasteiger partial charge in [0.2, 0.25) is 0 Å². The average Bonchev–Trinajstić information content (AvgIpc) is 2.49. The monoisotopic (exact) mass is 272 g/mol. The van der Waals surface area contributed by atoms with Crippen molar-refractivity contribution < 1.29 is 4.74 Å². The summed E-state index contributed by atoms with van der Waals surface area (Å²) in [5.74, 6) is 3.17. The molecule has 5 heteroatoms. The zero-order valence-corrected chi connectivity index (χ0v) is 12.1. The summed E-state index contributed by atoms with van der Waals surface area (Å²) in [6, 6.07) is 9.70. The molecule has 0 spiro atoms. The smallest absolute Gasteiger partial charge is 0.142 e. The number of rotatable bonds is 6. The molecule has 0 radical (unpaired) electrons. The molecule has 2 aromatic rings. The van der Waals surface area contributed by atoms with Gasteiger partial charge in [-0.3, -0.25) is 0 Å². The second-order valence-corrected chi connectivity index (χ2v) is 4.21. The zero-order chi connectivity index (χ0) is 14.4. The number of hydrogen-bond acceptors (Lipinski definition) is 5. The van der Waals surface area contributed by atoms with Crippen molar-refractivity contribution in [3.8, 4) is 5.75 Å². The lowest BCUT2D eigenvalue weighted by Gasteiger charge is -2.13. The third-order valence-corrected chi connectivity index (χ3v) is 2.79. The van der Waals surface area contributed by atoms with Gasteiger partial charge < -0.3 is 15.4 Å². The molecule has 2 rings (SSSR count). The van der Waals surface area contributed by atoms with E-state index < -0.39 is 0 Å². The molecule has 0 saturated heterocycles. The van der Waals surface area contributed by atoms with Gasteiger partial charge in [-0.2, -0.15) is 0 Å². The van der Waals surface area contributed by atoms with Crippen LogP contribution in [0, 0.1) is 0 Å². The summed E-state index contributed by atoms with van der Waals surface area (Å²) >= 11 is 0. The first-order valence-corrected chi connectivity index (χ1v) is 6.81. The van der Waals surface area contributed by atoms with Crippen LogP contribution in [0.15, 0.2) is 30.3 Å². The third-order valence-electron chi connectivity index (χ3n) is 2.79. The summed E-state index contributed by atoms with van der Waals surface area (Å²) in [5.41, 5.74) is 0.900. The van der Waals surface area contributed by atoms with Crippen LogP contribution >= 0.6 is 0 Å². The maximum atomic E-state index is 5.60. The highest BCUT2D eigenvalue weighted by molar-refractivity contribution is 5.65. The largest absolute Gasteiger partial charge is 0.492 e. The molecule has 0 amide bonds. The van der Waals surface area contributed by atoms with Gasteiger partial charge in [-0.1, -0.05) is 19.1 Å². The number of benzene rings is 1. The van der Waals surface area contributed by atoms with Crippen molar-refractivity contribution in [2.75, 3.05) is 24.3 Å². The van der Waals surface area contributed by atoms with Crippen LogP contribution in [0.5, 0.6) is 5.75 Å². The second kappa shape index (κ2) is 6.75. The van der Waals surface area contributed by atoms with Gasteiger partial charge in [0.05, 0.1) is 12.3 Å². The first-order valence-electron chi connectivity index (χ1n) is 6.81. The van der Waals surface area contributed by atoms with Crippen LogP contribution in [0.4, 0.5) is 17.3 Å². The van der Waals surface area contributed by atoms with E-state index >= 15 is 0 Å². The van der Waals surface area contributed by atoms with E-state index in [9.17, 15) is 0 Å². The Labute approximate surface area is 119 Å². The fourth-order valence-electron chi connectivity index (χ4n) is 1.84. The van der Waals surface area contributed by atoms with Crippen LogP contribution in [0.3, 0.4) is 0 Å². The van der Waals surface area contributed by atoms with Crippen molar-refractivity contribution in [2.24, 2.45) is 0 Å². The summed E-state index contributed by atoms with van der Waals surface area (Å²) in [4.78, 5) is 8.86. The van der Waals surface area contributed by atoms with Gasteiger partial charge in [0.1, 0.15) is 23.2 Å². The quantitative estimate of drug-likeness (QED) is 0.845. The van der Waals surface area contributed by atoms with Crippen LogP contribution in [-0.2, 0) is 6.42 Å². The van der Waals surface area contributed by atoms with E-state index in [-0.39, 0.29) is 0 Å². The van der Waals surface area contributed by atoms with E-state index in [0.29, 0.717) is 6.61 Å². The Balaban J connectivity index is 2.29.